The molecule has 5 nitrogen and oxygen atoms in total. The fourth-order valence-corrected chi connectivity index (χ4v) is 1.89. The van der Waals surface area contributed by atoms with Crippen LogP contribution in [0, 0.1) is 0 Å². The second kappa shape index (κ2) is 2.87. The molecule has 1 aromatic heterocycles. The Kier molecular flexibility index (Phi) is 1.63. The molecule has 0 atom stereocenters. The first-order chi connectivity index (χ1) is 7.29. The predicted molar refractivity (Wildman–Crippen MR) is 57.5 cm³/mol. The van der Waals surface area contributed by atoms with Gasteiger partial charge in [-0.05, 0) is 25.0 Å². The number of phenolic OH excluding ortho intramolecular Hbond substituents is 1. The summed E-state index contributed by atoms with van der Waals surface area (Å²) in [5.41, 5.74) is 4.39. The number of hydrazine groups is 1. The molecule has 1 saturated carbocycles. The van der Waals surface area contributed by atoms with Crippen molar-refractivity contribution in [2.75, 3.05) is 5.43 Å². The molecule has 4 N–H and O–H groups in total. The van der Waals surface area contributed by atoms with Crippen LogP contribution in [0.4, 0.5) is 5.95 Å². The molecule has 1 fully saturated rings. The fourth-order valence-electron chi connectivity index (χ4n) is 1.89. The van der Waals surface area contributed by atoms with Gasteiger partial charge in [-0.2, -0.15) is 0 Å². The number of nitrogen functional groups attached to an aromatic ring is 1. The van der Waals surface area contributed by atoms with Crippen molar-refractivity contribution < 1.29 is 5.11 Å². The molecule has 1 aliphatic carbocycles. The van der Waals surface area contributed by atoms with Gasteiger partial charge in [0.25, 0.3) is 0 Å². The zero-order valence-corrected chi connectivity index (χ0v) is 8.14. The standard InChI is InChI=1S/C10H12N4O/c11-13-10-12-8-4-3-7(15)5-9(8)14(10)6-1-2-6/h3-6,15H,1-2,11H2,(H,12,13). The summed E-state index contributed by atoms with van der Waals surface area (Å²) in [6, 6.07) is 5.63. The fraction of sp³-hybridized carbons (Fsp3) is 0.300. The Morgan fingerprint density at radius 1 is 1.47 bits per heavy atom. The molecular formula is C10H12N4O. The monoisotopic (exact) mass is 204 g/mol. The largest absolute Gasteiger partial charge is 0.508 e. The minimum atomic E-state index is 0.257. The number of nitrogens with one attached hydrogen (secondary N) is 1. The lowest BCUT2D eigenvalue weighted by atomic mass is 10.3. The molecule has 0 aliphatic heterocycles. The Balaban J connectivity index is 2.30. The summed E-state index contributed by atoms with van der Waals surface area (Å²) in [7, 11) is 0. The van der Waals surface area contributed by atoms with E-state index in [1.807, 2.05) is 0 Å². The van der Waals surface area contributed by atoms with Crippen LogP contribution in [0.25, 0.3) is 11.0 Å². The van der Waals surface area contributed by atoms with Gasteiger partial charge in [0.2, 0.25) is 5.95 Å². The predicted octanol–water partition coefficient (Wildman–Crippen LogP) is 1.36. The summed E-state index contributed by atoms with van der Waals surface area (Å²) in [6.07, 6.45) is 2.30. The smallest absolute Gasteiger partial charge is 0.218 e. The summed E-state index contributed by atoms with van der Waals surface area (Å²) >= 11 is 0. The van der Waals surface area contributed by atoms with E-state index >= 15 is 0 Å². The number of hydrogen-bond donors (Lipinski definition) is 3. The first kappa shape index (κ1) is 8.55. The molecule has 0 bridgehead atoms. The third-order valence-electron chi connectivity index (χ3n) is 2.71. The van der Waals surface area contributed by atoms with E-state index in [2.05, 4.69) is 15.0 Å². The van der Waals surface area contributed by atoms with Gasteiger partial charge in [-0.3, -0.25) is 5.43 Å². The van der Waals surface area contributed by atoms with Crippen molar-refractivity contribution in [3.8, 4) is 5.75 Å². The Bertz CT molecular complexity index is 515. The van der Waals surface area contributed by atoms with Crippen LogP contribution >= 0.6 is 0 Å². The van der Waals surface area contributed by atoms with Gasteiger partial charge in [-0.1, -0.05) is 0 Å². The van der Waals surface area contributed by atoms with Crippen molar-refractivity contribution in [3.05, 3.63) is 18.2 Å². The van der Waals surface area contributed by atoms with E-state index in [1.165, 1.54) is 0 Å². The quantitative estimate of drug-likeness (QED) is 0.510. The van der Waals surface area contributed by atoms with Gasteiger partial charge >= 0.3 is 0 Å². The average molecular weight is 204 g/mol. The Hall–Kier alpha value is -1.75. The highest BCUT2D eigenvalue weighted by Crippen LogP contribution is 2.40. The number of phenols is 1. The van der Waals surface area contributed by atoms with Crippen molar-refractivity contribution in [1.82, 2.24) is 9.55 Å². The van der Waals surface area contributed by atoms with Crippen LogP contribution in [0.2, 0.25) is 0 Å². The summed E-state index contributed by atoms with van der Waals surface area (Å²) in [5, 5.41) is 9.45. The summed E-state index contributed by atoms with van der Waals surface area (Å²) in [6.45, 7) is 0. The lowest BCUT2D eigenvalue weighted by Crippen LogP contribution is -2.12. The number of anilines is 1. The molecule has 78 valence electrons. The van der Waals surface area contributed by atoms with E-state index < -0.39 is 0 Å². The van der Waals surface area contributed by atoms with E-state index in [-0.39, 0.29) is 5.75 Å². The normalized spacial score (nSPS) is 15.8. The maximum atomic E-state index is 9.45. The third kappa shape index (κ3) is 1.24. The van der Waals surface area contributed by atoms with Gasteiger partial charge in [0.15, 0.2) is 0 Å². The molecule has 2 aromatic rings. The van der Waals surface area contributed by atoms with Crippen LogP contribution in [0.15, 0.2) is 18.2 Å². The topological polar surface area (TPSA) is 76.1 Å². The number of nitrogens with zero attached hydrogens (tertiary/aromatic N) is 2. The molecule has 1 heterocycles. The minimum absolute atomic E-state index is 0.257. The lowest BCUT2D eigenvalue weighted by Gasteiger charge is -2.05. The van der Waals surface area contributed by atoms with Crippen molar-refractivity contribution in [2.45, 2.75) is 18.9 Å². The molecule has 3 rings (SSSR count). The zero-order chi connectivity index (χ0) is 10.4. The first-order valence-corrected chi connectivity index (χ1v) is 4.97. The molecule has 1 aromatic carbocycles. The van der Waals surface area contributed by atoms with E-state index in [1.54, 1.807) is 18.2 Å². The van der Waals surface area contributed by atoms with Gasteiger partial charge < -0.3 is 9.67 Å². The number of hydrogen-bond acceptors (Lipinski definition) is 4. The highest BCUT2D eigenvalue weighted by Gasteiger charge is 2.28. The molecule has 0 radical (unpaired) electrons. The molecule has 1 aliphatic rings. The van der Waals surface area contributed by atoms with E-state index in [4.69, 9.17) is 5.84 Å². The maximum absolute atomic E-state index is 9.45. The van der Waals surface area contributed by atoms with Crippen molar-refractivity contribution >= 4 is 17.0 Å². The van der Waals surface area contributed by atoms with Gasteiger partial charge in [-0.15, -0.1) is 0 Å². The summed E-state index contributed by atoms with van der Waals surface area (Å²) in [5.74, 6) is 6.34. The van der Waals surface area contributed by atoms with Crippen molar-refractivity contribution in [1.29, 1.82) is 0 Å². The third-order valence-corrected chi connectivity index (χ3v) is 2.71. The van der Waals surface area contributed by atoms with Gasteiger partial charge in [0, 0.05) is 12.1 Å². The SMILES string of the molecule is NNc1nc2ccc(O)cc2n1C1CC1. The maximum Gasteiger partial charge on any atom is 0.218 e. The van der Waals surface area contributed by atoms with Crippen LogP contribution in [-0.2, 0) is 0 Å². The Morgan fingerprint density at radius 3 is 2.93 bits per heavy atom. The van der Waals surface area contributed by atoms with Gasteiger partial charge in [0.05, 0.1) is 11.0 Å². The zero-order valence-electron chi connectivity index (χ0n) is 8.14. The highest BCUT2D eigenvalue weighted by molar-refractivity contribution is 5.80. The first-order valence-electron chi connectivity index (χ1n) is 4.97. The molecule has 5 heteroatoms. The van der Waals surface area contributed by atoms with E-state index in [0.29, 0.717) is 12.0 Å². The van der Waals surface area contributed by atoms with Crippen LogP contribution in [0.1, 0.15) is 18.9 Å². The Morgan fingerprint density at radius 2 is 2.27 bits per heavy atom. The molecule has 0 spiro atoms. The molecule has 0 saturated heterocycles. The van der Waals surface area contributed by atoms with Crippen molar-refractivity contribution in [2.24, 2.45) is 5.84 Å². The molecule has 0 unspecified atom stereocenters. The molecule has 0 amide bonds. The Labute approximate surface area is 86.5 Å². The van der Waals surface area contributed by atoms with Gasteiger partial charge in [0.1, 0.15) is 5.75 Å². The number of imidazole rings is 1. The number of nitrogens with two attached hydrogens (primary N) is 1. The van der Waals surface area contributed by atoms with E-state index in [0.717, 1.165) is 23.9 Å². The number of fused-ring (bicyclic) bond motifs is 1. The van der Waals surface area contributed by atoms with Gasteiger partial charge in [-0.25, -0.2) is 10.8 Å². The van der Waals surface area contributed by atoms with Crippen molar-refractivity contribution in [3.63, 3.8) is 0 Å². The lowest BCUT2D eigenvalue weighted by molar-refractivity contribution is 0.476. The number of benzene rings is 1. The number of rotatable bonds is 2. The van der Waals surface area contributed by atoms with Crippen LogP contribution in [0.3, 0.4) is 0 Å². The van der Waals surface area contributed by atoms with Crippen LogP contribution in [0.5, 0.6) is 5.75 Å². The summed E-state index contributed by atoms with van der Waals surface area (Å²) < 4.78 is 2.05. The summed E-state index contributed by atoms with van der Waals surface area (Å²) in [4.78, 5) is 4.35. The molecule has 15 heavy (non-hydrogen) atoms. The average Bonchev–Trinajstić information content (AvgIpc) is 2.99. The van der Waals surface area contributed by atoms with Crippen LogP contribution in [-0.4, -0.2) is 14.7 Å². The second-order valence-electron chi connectivity index (χ2n) is 3.85. The molecular weight excluding hydrogens is 192 g/mol. The van der Waals surface area contributed by atoms with Crippen LogP contribution < -0.4 is 11.3 Å². The highest BCUT2D eigenvalue weighted by atomic mass is 16.3. The van der Waals surface area contributed by atoms with E-state index in [9.17, 15) is 5.11 Å². The number of aromatic hydroxyl groups is 1. The second-order valence-corrected chi connectivity index (χ2v) is 3.85. The number of aromatic nitrogens is 2. The minimum Gasteiger partial charge on any atom is -0.508 e.